The number of halogens is 1. The van der Waals surface area contributed by atoms with Gasteiger partial charge >= 0.3 is 0 Å². The molecule has 0 amide bonds. The van der Waals surface area contributed by atoms with E-state index >= 15 is 0 Å². The monoisotopic (exact) mass is 274 g/mol. The Labute approximate surface area is 116 Å². The number of hydrogen-bond donors (Lipinski definition) is 1. The van der Waals surface area contributed by atoms with Gasteiger partial charge in [0.15, 0.2) is 5.82 Å². The third-order valence-electron chi connectivity index (χ3n) is 3.26. The summed E-state index contributed by atoms with van der Waals surface area (Å²) in [6.07, 6.45) is 3.71. The molecule has 2 N–H and O–H groups in total. The highest BCUT2D eigenvalue weighted by Gasteiger charge is 2.19. The van der Waals surface area contributed by atoms with E-state index in [0.717, 1.165) is 25.9 Å². The molecule has 0 atom stereocenters. The fourth-order valence-corrected chi connectivity index (χ4v) is 2.25. The third kappa shape index (κ3) is 2.49. The largest absolute Gasteiger partial charge is 0.437 e. The van der Waals surface area contributed by atoms with E-state index in [4.69, 9.17) is 10.5 Å². The Bertz CT molecular complexity index is 597. The van der Waals surface area contributed by atoms with Crippen LogP contribution in [0.3, 0.4) is 0 Å². The molecule has 0 spiro atoms. The first-order chi connectivity index (χ1) is 9.74. The molecule has 2 aromatic rings. The number of nitrogen functional groups attached to an aromatic ring is 1. The van der Waals surface area contributed by atoms with Gasteiger partial charge in [0.1, 0.15) is 23.6 Å². The van der Waals surface area contributed by atoms with Crippen LogP contribution in [-0.2, 0) is 0 Å². The van der Waals surface area contributed by atoms with Crippen molar-refractivity contribution in [2.24, 2.45) is 0 Å². The van der Waals surface area contributed by atoms with E-state index in [-0.39, 0.29) is 5.82 Å². The SMILES string of the molecule is Nc1c(Oc2ccc(F)cc2)ncnc1N1CCCC1. The Morgan fingerprint density at radius 1 is 1.10 bits per heavy atom. The smallest absolute Gasteiger partial charge is 0.248 e. The molecular formula is C14H15FN4O. The number of ether oxygens (including phenoxy) is 1. The van der Waals surface area contributed by atoms with Crippen LogP contribution in [0.5, 0.6) is 11.6 Å². The summed E-state index contributed by atoms with van der Waals surface area (Å²) in [5, 5.41) is 0. The lowest BCUT2D eigenvalue weighted by Gasteiger charge is -2.19. The van der Waals surface area contributed by atoms with Crippen LogP contribution in [0.1, 0.15) is 12.8 Å². The minimum Gasteiger partial charge on any atom is -0.437 e. The maximum Gasteiger partial charge on any atom is 0.248 e. The van der Waals surface area contributed by atoms with Crippen LogP contribution >= 0.6 is 0 Å². The molecule has 0 saturated carbocycles. The number of nitrogens with two attached hydrogens (primary N) is 1. The maximum atomic E-state index is 12.9. The molecule has 6 heteroatoms. The van der Waals surface area contributed by atoms with E-state index in [2.05, 4.69) is 14.9 Å². The first-order valence-corrected chi connectivity index (χ1v) is 6.53. The number of anilines is 2. The van der Waals surface area contributed by atoms with Crippen molar-refractivity contribution in [2.75, 3.05) is 23.7 Å². The van der Waals surface area contributed by atoms with Crippen LogP contribution in [0.15, 0.2) is 30.6 Å². The lowest BCUT2D eigenvalue weighted by molar-refractivity contribution is 0.462. The Morgan fingerprint density at radius 3 is 2.50 bits per heavy atom. The van der Waals surface area contributed by atoms with Crippen molar-refractivity contribution >= 4 is 11.5 Å². The predicted molar refractivity (Wildman–Crippen MR) is 74.4 cm³/mol. The predicted octanol–water partition coefficient (Wildman–Crippen LogP) is 2.59. The van der Waals surface area contributed by atoms with Crippen molar-refractivity contribution in [1.29, 1.82) is 0 Å². The van der Waals surface area contributed by atoms with Gasteiger partial charge in [-0.05, 0) is 37.1 Å². The topological polar surface area (TPSA) is 64.3 Å². The van der Waals surface area contributed by atoms with Gasteiger partial charge in [0.25, 0.3) is 0 Å². The van der Waals surface area contributed by atoms with E-state index in [9.17, 15) is 4.39 Å². The van der Waals surface area contributed by atoms with E-state index in [1.165, 1.54) is 30.6 Å². The second-order valence-electron chi connectivity index (χ2n) is 4.67. The Balaban J connectivity index is 1.86. The summed E-state index contributed by atoms with van der Waals surface area (Å²) < 4.78 is 18.5. The molecule has 5 nitrogen and oxygen atoms in total. The van der Waals surface area contributed by atoms with Crippen LogP contribution in [0.25, 0.3) is 0 Å². The lowest BCUT2D eigenvalue weighted by atomic mass is 10.3. The number of nitrogens with zero attached hydrogens (tertiary/aromatic N) is 3. The molecule has 104 valence electrons. The molecule has 1 aliphatic rings. The number of hydrogen-bond acceptors (Lipinski definition) is 5. The molecule has 0 radical (unpaired) electrons. The van der Waals surface area contributed by atoms with Crippen molar-refractivity contribution in [3.05, 3.63) is 36.4 Å². The molecule has 0 aliphatic carbocycles. The van der Waals surface area contributed by atoms with Gasteiger partial charge in [-0.1, -0.05) is 0 Å². The summed E-state index contributed by atoms with van der Waals surface area (Å²) in [6.45, 7) is 1.88. The minimum atomic E-state index is -0.314. The molecule has 20 heavy (non-hydrogen) atoms. The summed E-state index contributed by atoms with van der Waals surface area (Å²) >= 11 is 0. The van der Waals surface area contributed by atoms with Gasteiger partial charge in [-0.25, -0.2) is 9.37 Å². The second kappa shape index (κ2) is 5.32. The molecule has 1 fully saturated rings. The van der Waals surface area contributed by atoms with E-state index in [0.29, 0.717) is 23.1 Å². The standard InChI is InChI=1S/C14H15FN4O/c15-10-3-5-11(6-4-10)20-14-12(16)13(17-9-18-14)19-7-1-2-8-19/h3-6,9H,1-2,7-8,16H2. The van der Waals surface area contributed by atoms with Crippen LogP contribution < -0.4 is 15.4 Å². The van der Waals surface area contributed by atoms with Crippen molar-refractivity contribution in [1.82, 2.24) is 9.97 Å². The fraction of sp³-hybridized carbons (Fsp3) is 0.286. The van der Waals surface area contributed by atoms with E-state index in [1.54, 1.807) is 0 Å². The third-order valence-corrected chi connectivity index (χ3v) is 3.26. The average molecular weight is 274 g/mol. The van der Waals surface area contributed by atoms with Crippen LogP contribution in [-0.4, -0.2) is 23.1 Å². The maximum absolute atomic E-state index is 12.9. The molecule has 0 unspecified atom stereocenters. The molecule has 3 rings (SSSR count). The highest BCUT2D eigenvalue weighted by Crippen LogP contribution is 2.32. The molecule has 0 bridgehead atoms. The second-order valence-corrected chi connectivity index (χ2v) is 4.67. The zero-order valence-corrected chi connectivity index (χ0v) is 10.9. The van der Waals surface area contributed by atoms with E-state index in [1.807, 2.05) is 0 Å². The van der Waals surface area contributed by atoms with Gasteiger partial charge in [0, 0.05) is 13.1 Å². The number of benzene rings is 1. The highest BCUT2D eigenvalue weighted by atomic mass is 19.1. The van der Waals surface area contributed by atoms with E-state index < -0.39 is 0 Å². The summed E-state index contributed by atoms with van der Waals surface area (Å²) in [5.41, 5.74) is 6.49. The van der Waals surface area contributed by atoms with Crippen LogP contribution in [0.4, 0.5) is 15.9 Å². The quantitative estimate of drug-likeness (QED) is 0.932. The number of aromatic nitrogens is 2. The normalized spacial score (nSPS) is 14.6. The van der Waals surface area contributed by atoms with Crippen LogP contribution in [0.2, 0.25) is 0 Å². The van der Waals surface area contributed by atoms with Crippen molar-refractivity contribution in [3.8, 4) is 11.6 Å². The van der Waals surface area contributed by atoms with Gasteiger partial charge in [-0.15, -0.1) is 0 Å². The summed E-state index contributed by atoms with van der Waals surface area (Å²) in [6, 6.07) is 5.72. The molecule has 1 aliphatic heterocycles. The Morgan fingerprint density at radius 2 is 1.80 bits per heavy atom. The average Bonchev–Trinajstić information content (AvgIpc) is 2.97. The van der Waals surface area contributed by atoms with Gasteiger partial charge in [-0.2, -0.15) is 4.98 Å². The van der Waals surface area contributed by atoms with Gasteiger partial charge in [0.05, 0.1) is 0 Å². The Hall–Kier alpha value is -2.37. The highest BCUT2D eigenvalue weighted by molar-refractivity contribution is 5.68. The van der Waals surface area contributed by atoms with Crippen molar-refractivity contribution in [3.63, 3.8) is 0 Å². The number of rotatable bonds is 3. The van der Waals surface area contributed by atoms with Gasteiger partial charge < -0.3 is 15.4 Å². The van der Waals surface area contributed by atoms with Crippen LogP contribution in [0, 0.1) is 5.82 Å². The molecular weight excluding hydrogens is 259 g/mol. The summed E-state index contributed by atoms with van der Waals surface area (Å²) in [5.74, 6) is 1.18. The summed E-state index contributed by atoms with van der Waals surface area (Å²) in [7, 11) is 0. The molecule has 1 aromatic carbocycles. The molecule has 1 aromatic heterocycles. The zero-order chi connectivity index (χ0) is 13.9. The molecule has 2 heterocycles. The van der Waals surface area contributed by atoms with Crippen molar-refractivity contribution < 1.29 is 9.13 Å². The van der Waals surface area contributed by atoms with Crippen molar-refractivity contribution in [2.45, 2.75) is 12.8 Å². The van der Waals surface area contributed by atoms with Gasteiger partial charge in [-0.3, -0.25) is 0 Å². The first-order valence-electron chi connectivity index (χ1n) is 6.53. The van der Waals surface area contributed by atoms with Gasteiger partial charge in [0.2, 0.25) is 5.88 Å². The first kappa shape index (κ1) is 12.7. The minimum absolute atomic E-state index is 0.300. The molecule has 1 saturated heterocycles. The Kier molecular flexibility index (Phi) is 3.37. The fourth-order valence-electron chi connectivity index (χ4n) is 2.25. The lowest BCUT2D eigenvalue weighted by Crippen LogP contribution is -2.20. The summed E-state index contributed by atoms with van der Waals surface area (Å²) in [4.78, 5) is 10.4. The zero-order valence-electron chi connectivity index (χ0n) is 10.9.